The summed E-state index contributed by atoms with van der Waals surface area (Å²) in [7, 11) is 0. The summed E-state index contributed by atoms with van der Waals surface area (Å²) < 4.78 is 0. The van der Waals surface area contributed by atoms with Gasteiger partial charge in [-0.05, 0) is 38.5 Å². The average molecular weight is 324 g/mol. The number of likely N-dealkylation sites (tertiary alicyclic amines) is 1. The van der Waals surface area contributed by atoms with Crippen LogP contribution in [0.25, 0.3) is 0 Å². The molecule has 132 valence electrons. The van der Waals surface area contributed by atoms with Gasteiger partial charge in [-0.15, -0.1) is 0 Å². The van der Waals surface area contributed by atoms with Gasteiger partial charge in [-0.25, -0.2) is 0 Å². The monoisotopic (exact) mass is 324 g/mol. The summed E-state index contributed by atoms with van der Waals surface area (Å²) in [5.41, 5.74) is 5.97. The van der Waals surface area contributed by atoms with Crippen molar-refractivity contribution in [2.75, 3.05) is 26.2 Å². The Morgan fingerprint density at radius 2 is 1.91 bits per heavy atom. The molecule has 0 spiro atoms. The van der Waals surface area contributed by atoms with E-state index in [0.717, 1.165) is 64.6 Å². The summed E-state index contributed by atoms with van der Waals surface area (Å²) >= 11 is 0. The zero-order valence-electron chi connectivity index (χ0n) is 14.4. The minimum atomic E-state index is 0.0941. The van der Waals surface area contributed by atoms with Crippen molar-refractivity contribution in [1.82, 2.24) is 15.5 Å². The van der Waals surface area contributed by atoms with Crippen LogP contribution in [-0.4, -0.2) is 55.0 Å². The second kappa shape index (κ2) is 9.23. The first-order valence-corrected chi connectivity index (χ1v) is 9.13. The number of carbonyl (C=O) groups is 2. The van der Waals surface area contributed by atoms with Crippen LogP contribution in [0.2, 0.25) is 0 Å². The average Bonchev–Trinajstić information content (AvgIpc) is 2.54. The van der Waals surface area contributed by atoms with Crippen molar-refractivity contribution in [2.45, 2.75) is 64.0 Å². The van der Waals surface area contributed by atoms with Gasteiger partial charge in [0.25, 0.3) is 0 Å². The second-order valence-corrected chi connectivity index (χ2v) is 7.03. The first kappa shape index (κ1) is 18.2. The van der Waals surface area contributed by atoms with E-state index in [1.807, 2.05) is 6.92 Å². The maximum absolute atomic E-state index is 12.3. The molecule has 2 unspecified atom stereocenters. The minimum Gasteiger partial charge on any atom is -0.355 e. The molecule has 6 heteroatoms. The molecular weight excluding hydrogens is 292 g/mol. The Balaban J connectivity index is 1.66. The number of carbonyl (C=O) groups excluding carboxylic acids is 2. The third-order valence-electron chi connectivity index (χ3n) is 4.96. The Morgan fingerprint density at radius 3 is 2.57 bits per heavy atom. The van der Waals surface area contributed by atoms with Gasteiger partial charge in [-0.3, -0.25) is 14.5 Å². The van der Waals surface area contributed by atoms with E-state index in [9.17, 15) is 9.59 Å². The highest BCUT2D eigenvalue weighted by Gasteiger charge is 2.28. The minimum absolute atomic E-state index is 0.0941. The highest BCUT2D eigenvalue weighted by atomic mass is 16.2. The highest BCUT2D eigenvalue weighted by molar-refractivity contribution is 5.79. The Hall–Kier alpha value is -1.14. The van der Waals surface area contributed by atoms with E-state index >= 15 is 0 Å². The molecule has 1 aliphatic heterocycles. The number of rotatable bonds is 6. The quantitative estimate of drug-likeness (QED) is 0.668. The predicted octanol–water partition coefficient (Wildman–Crippen LogP) is 0.611. The molecule has 2 rings (SSSR count). The Kier molecular flexibility index (Phi) is 7.30. The first-order valence-electron chi connectivity index (χ1n) is 9.13. The van der Waals surface area contributed by atoms with E-state index in [4.69, 9.17) is 5.73 Å². The van der Waals surface area contributed by atoms with Gasteiger partial charge in [0.15, 0.2) is 0 Å². The van der Waals surface area contributed by atoms with Gasteiger partial charge in [-0.2, -0.15) is 0 Å². The van der Waals surface area contributed by atoms with E-state index in [2.05, 4.69) is 15.5 Å². The van der Waals surface area contributed by atoms with Crippen molar-refractivity contribution >= 4 is 11.8 Å². The highest BCUT2D eigenvalue weighted by Crippen LogP contribution is 2.23. The first-order chi connectivity index (χ1) is 11.1. The second-order valence-electron chi connectivity index (χ2n) is 7.03. The molecule has 0 aromatic rings. The zero-order chi connectivity index (χ0) is 16.7. The smallest absolute Gasteiger partial charge is 0.234 e. The molecular formula is C17H32N4O2. The lowest BCUT2D eigenvalue weighted by molar-refractivity contribution is -0.127. The van der Waals surface area contributed by atoms with Crippen LogP contribution in [0.15, 0.2) is 0 Å². The molecule has 2 amide bonds. The number of piperidine rings is 1. The van der Waals surface area contributed by atoms with Crippen LogP contribution < -0.4 is 16.4 Å². The zero-order valence-corrected chi connectivity index (χ0v) is 14.4. The Morgan fingerprint density at radius 1 is 1.17 bits per heavy atom. The molecule has 0 aromatic carbocycles. The fourth-order valence-electron chi connectivity index (χ4n) is 3.54. The lowest BCUT2D eigenvalue weighted by atomic mass is 9.85. The molecule has 0 bridgehead atoms. The summed E-state index contributed by atoms with van der Waals surface area (Å²) in [5.74, 6) is 0.376. The SMILES string of the molecule is CCCNC(=O)CN1CCC(NC(=O)C2CCCC(N)C2)CC1. The van der Waals surface area contributed by atoms with Gasteiger partial charge < -0.3 is 16.4 Å². The number of hydrogen-bond acceptors (Lipinski definition) is 4. The van der Waals surface area contributed by atoms with Crippen LogP contribution in [0, 0.1) is 5.92 Å². The largest absolute Gasteiger partial charge is 0.355 e. The fourth-order valence-corrected chi connectivity index (χ4v) is 3.54. The van der Waals surface area contributed by atoms with E-state index in [-0.39, 0.29) is 29.8 Å². The third-order valence-corrected chi connectivity index (χ3v) is 4.96. The molecule has 4 N–H and O–H groups in total. The van der Waals surface area contributed by atoms with Crippen LogP contribution in [0.3, 0.4) is 0 Å². The predicted molar refractivity (Wildman–Crippen MR) is 90.8 cm³/mol. The molecule has 1 aliphatic carbocycles. The Labute approximate surface area is 139 Å². The molecule has 2 atom stereocenters. The molecule has 6 nitrogen and oxygen atoms in total. The van der Waals surface area contributed by atoms with Gasteiger partial charge in [0, 0.05) is 37.6 Å². The van der Waals surface area contributed by atoms with Crippen LogP contribution in [0.4, 0.5) is 0 Å². The molecule has 2 aliphatic rings. The van der Waals surface area contributed by atoms with Crippen molar-refractivity contribution in [3.8, 4) is 0 Å². The number of hydrogen-bond donors (Lipinski definition) is 3. The van der Waals surface area contributed by atoms with Gasteiger partial charge in [0.05, 0.1) is 6.54 Å². The third kappa shape index (κ3) is 6.11. The van der Waals surface area contributed by atoms with E-state index in [0.29, 0.717) is 6.54 Å². The number of amides is 2. The lowest BCUT2D eigenvalue weighted by Gasteiger charge is -2.33. The van der Waals surface area contributed by atoms with E-state index in [1.54, 1.807) is 0 Å². The van der Waals surface area contributed by atoms with E-state index in [1.165, 1.54) is 0 Å². The normalized spacial score (nSPS) is 26.7. The Bertz CT molecular complexity index is 394. The number of nitrogens with two attached hydrogens (primary N) is 1. The van der Waals surface area contributed by atoms with Gasteiger partial charge in [0.2, 0.25) is 11.8 Å². The fraction of sp³-hybridized carbons (Fsp3) is 0.882. The molecule has 1 heterocycles. The summed E-state index contributed by atoms with van der Waals surface area (Å²) in [6, 6.07) is 0.429. The maximum Gasteiger partial charge on any atom is 0.234 e. The van der Waals surface area contributed by atoms with Gasteiger partial charge in [0.1, 0.15) is 0 Å². The van der Waals surface area contributed by atoms with Crippen LogP contribution in [0.1, 0.15) is 51.9 Å². The maximum atomic E-state index is 12.3. The number of nitrogens with zero attached hydrogens (tertiary/aromatic N) is 1. The lowest BCUT2D eigenvalue weighted by Crippen LogP contribution is -2.49. The van der Waals surface area contributed by atoms with Gasteiger partial charge >= 0.3 is 0 Å². The van der Waals surface area contributed by atoms with Crippen molar-refractivity contribution in [3.05, 3.63) is 0 Å². The summed E-state index contributed by atoms with van der Waals surface area (Å²) in [4.78, 5) is 26.2. The summed E-state index contributed by atoms with van der Waals surface area (Å²) in [6.07, 6.45) is 6.70. The van der Waals surface area contributed by atoms with Gasteiger partial charge in [-0.1, -0.05) is 13.3 Å². The molecule has 1 saturated heterocycles. The van der Waals surface area contributed by atoms with Crippen LogP contribution in [0.5, 0.6) is 0 Å². The van der Waals surface area contributed by atoms with Crippen molar-refractivity contribution < 1.29 is 9.59 Å². The van der Waals surface area contributed by atoms with Crippen molar-refractivity contribution in [1.29, 1.82) is 0 Å². The van der Waals surface area contributed by atoms with Crippen molar-refractivity contribution in [2.24, 2.45) is 11.7 Å². The van der Waals surface area contributed by atoms with Crippen LogP contribution >= 0.6 is 0 Å². The summed E-state index contributed by atoms with van der Waals surface area (Å²) in [6.45, 7) is 5.00. The molecule has 2 fully saturated rings. The van der Waals surface area contributed by atoms with Crippen molar-refractivity contribution in [3.63, 3.8) is 0 Å². The molecule has 0 radical (unpaired) electrons. The number of nitrogens with one attached hydrogen (secondary N) is 2. The topological polar surface area (TPSA) is 87.5 Å². The van der Waals surface area contributed by atoms with E-state index < -0.39 is 0 Å². The molecule has 23 heavy (non-hydrogen) atoms. The standard InChI is InChI=1S/C17H32N4O2/c1-2-8-19-16(22)12-21-9-6-15(7-10-21)20-17(23)13-4-3-5-14(18)11-13/h13-15H,2-12,18H2,1H3,(H,19,22)(H,20,23). The van der Waals surface area contributed by atoms with Crippen LogP contribution in [-0.2, 0) is 9.59 Å². The molecule has 0 aromatic heterocycles. The molecule has 1 saturated carbocycles. The summed E-state index contributed by atoms with van der Waals surface area (Å²) in [5, 5.41) is 6.10.